The van der Waals surface area contributed by atoms with Crippen LogP contribution in [0.25, 0.3) is 0 Å². The summed E-state index contributed by atoms with van der Waals surface area (Å²) in [4.78, 5) is 14.2. The number of methoxy groups -OCH3 is 1. The highest BCUT2D eigenvalue weighted by molar-refractivity contribution is 5.81. The molecule has 4 nitrogen and oxygen atoms in total. The Bertz CT molecular complexity index is 258. The predicted octanol–water partition coefficient (Wildman–Crippen LogP) is 1.16. The second-order valence-electron chi connectivity index (χ2n) is 5.26. The van der Waals surface area contributed by atoms with E-state index in [4.69, 9.17) is 4.74 Å². The molecule has 0 aromatic heterocycles. The topological polar surface area (TPSA) is 41.6 Å². The van der Waals surface area contributed by atoms with Crippen LogP contribution in [0.4, 0.5) is 0 Å². The molecule has 0 aromatic carbocycles. The van der Waals surface area contributed by atoms with Crippen molar-refractivity contribution < 1.29 is 9.53 Å². The summed E-state index contributed by atoms with van der Waals surface area (Å²) in [5.74, 6) is -0.0811. The van der Waals surface area contributed by atoms with Crippen LogP contribution in [-0.4, -0.2) is 49.7 Å². The highest BCUT2D eigenvalue weighted by Crippen LogP contribution is 2.32. The lowest BCUT2D eigenvalue weighted by molar-refractivity contribution is -0.152. The molecule has 0 amide bonds. The molecule has 1 aliphatic carbocycles. The minimum atomic E-state index is -0.357. The number of ether oxygens (including phenoxy) is 1. The molecule has 1 saturated heterocycles. The van der Waals surface area contributed by atoms with Crippen LogP contribution >= 0.6 is 0 Å². The number of likely N-dealkylation sites (tertiary alicyclic amines) is 1. The van der Waals surface area contributed by atoms with Gasteiger partial charge in [-0.1, -0.05) is 6.42 Å². The van der Waals surface area contributed by atoms with Gasteiger partial charge < -0.3 is 15.0 Å². The Morgan fingerprint density at radius 3 is 2.47 bits per heavy atom. The molecule has 0 unspecified atom stereocenters. The number of hydrogen-bond acceptors (Lipinski definition) is 4. The van der Waals surface area contributed by atoms with Gasteiger partial charge in [0.2, 0.25) is 0 Å². The first-order valence-electron chi connectivity index (χ1n) is 6.83. The van der Waals surface area contributed by atoms with E-state index in [-0.39, 0.29) is 11.5 Å². The standard InChI is InChI=1S/C13H24N2O2/c1-17-12(16)13(6-5-7-13)14-8-11-15-9-3-2-4-10-15/h14H,2-11H2,1H3. The first-order chi connectivity index (χ1) is 8.27. The van der Waals surface area contributed by atoms with Gasteiger partial charge in [-0.3, -0.25) is 4.79 Å². The van der Waals surface area contributed by atoms with Crippen molar-refractivity contribution in [3.63, 3.8) is 0 Å². The number of rotatable bonds is 5. The van der Waals surface area contributed by atoms with Crippen molar-refractivity contribution in [2.24, 2.45) is 0 Å². The molecule has 0 spiro atoms. The SMILES string of the molecule is COC(=O)C1(NCCN2CCCCC2)CCC1. The van der Waals surface area contributed by atoms with Crippen molar-refractivity contribution in [2.45, 2.75) is 44.1 Å². The van der Waals surface area contributed by atoms with Crippen LogP contribution in [0.3, 0.4) is 0 Å². The quantitative estimate of drug-likeness (QED) is 0.732. The maximum Gasteiger partial charge on any atom is 0.326 e. The fourth-order valence-electron chi connectivity index (χ4n) is 2.82. The number of esters is 1. The van der Waals surface area contributed by atoms with Crippen LogP contribution < -0.4 is 5.32 Å². The van der Waals surface area contributed by atoms with E-state index in [1.165, 1.54) is 39.5 Å². The first kappa shape index (κ1) is 12.8. The molecule has 2 aliphatic rings. The molecule has 2 rings (SSSR count). The molecule has 98 valence electrons. The van der Waals surface area contributed by atoms with E-state index in [1.807, 2.05) is 0 Å². The van der Waals surface area contributed by atoms with Crippen molar-refractivity contribution in [1.29, 1.82) is 0 Å². The Hall–Kier alpha value is -0.610. The zero-order valence-electron chi connectivity index (χ0n) is 10.8. The normalized spacial score (nSPS) is 24.1. The third-order valence-corrected chi connectivity index (χ3v) is 4.12. The molecule has 17 heavy (non-hydrogen) atoms. The molecule has 1 heterocycles. The first-order valence-corrected chi connectivity index (χ1v) is 6.83. The van der Waals surface area contributed by atoms with E-state index in [9.17, 15) is 4.79 Å². The lowest BCUT2D eigenvalue weighted by Crippen LogP contribution is -2.59. The van der Waals surface area contributed by atoms with Crippen LogP contribution in [0.2, 0.25) is 0 Å². The molecule has 1 N–H and O–H groups in total. The molecular weight excluding hydrogens is 216 g/mol. The molecular formula is C13H24N2O2. The van der Waals surface area contributed by atoms with Gasteiger partial charge in [0.25, 0.3) is 0 Å². The van der Waals surface area contributed by atoms with Gasteiger partial charge in [0.1, 0.15) is 5.54 Å². The molecule has 4 heteroatoms. The van der Waals surface area contributed by atoms with Gasteiger partial charge >= 0.3 is 5.97 Å². The summed E-state index contributed by atoms with van der Waals surface area (Å²) in [5, 5.41) is 3.41. The minimum absolute atomic E-state index is 0.0811. The van der Waals surface area contributed by atoms with Crippen LogP contribution in [0.1, 0.15) is 38.5 Å². The number of hydrogen-bond donors (Lipinski definition) is 1. The largest absolute Gasteiger partial charge is 0.468 e. The lowest BCUT2D eigenvalue weighted by atomic mass is 9.76. The Balaban J connectivity index is 1.71. The fraction of sp³-hybridized carbons (Fsp3) is 0.923. The maximum absolute atomic E-state index is 11.7. The van der Waals surface area contributed by atoms with Crippen molar-refractivity contribution >= 4 is 5.97 Å². The van der Waals surface area contributed by atoms with E-state index in [0.717, 1.165) is 32.4 Å². The Morgan fingerprint density at radius 1 is 1.24 bits per heavy atom. The van der Waals surface area contributed by atoms with E-state index < -0.39 is 0 Å². The molecule has 0 atom stereocenters. The number of piperidine rings is 1. The van der Waals surface area contributed by atoms with E-state index in [2.05, 4.69) is 10.2 Å². The van der Waals surface area contributed by atoms with Crippen molar-refractivity contribution in [2.75, 3.05) is 33.3 Å². The van der Waals surface area contributed by atoms with E-state index in [0.29, 0.717) is 0 Å². The smallest absolute Gasteiger partial charge is 0.326 e. The van der Waals surface area contributed by atoms with Gasteiger partial charge in [-0.15, -0.1) is 0 Å². The van der Waals surface area contributed by atoms with Crippen molar-refractivity contribution in [3.05, 3.63) is 0 Å². The Kier molecular flexibility index (Phi) is 4.40. The molecule has 1 aliphatic heterocycles. The van der Waals surface area contributed by atoms with E-state index >= 15 is 0 Å². The molecule has 0 radical (unpaired) electrons. The van der Waals surface area contributed by atoms with Crippen LogP contribution in [0.5, 0.6) is 0 Å². The number of nitrogens with one attached hydrogen (secondary N) is 1. The average molecular weight is 240 g/mol. The molecule has 2 fully saturated rings. The highest BCUT2D eigenvalue weighted by atomic mass is 16.5. The molecule has 0 bridgehead atoms. The van der Waals surface area contributed by atoms with Crippen molar-refractivity contribution in [3.8, 4) is 0 Å². The number of carbonyl (C=O) groups excluding carboxylic acids is 1. The van der Waals surface area contributed by atoms with Gasteiger partial charge in [-0.25, -0.2) is 0 Å². The van der Waals surface area contributed by atoms with E-state index in [1.54, 1.807) is 0 Å². The third kappa shape index (κ3) is 2.99. The Labute approximate surface area is 104 Å². The monoisotopic (exact) mass is 240 g/mol. The maximum atomic E-state index is 11.7. The molecule has 0 aromatic rings. The summed E-state index contributed by atoms with van der Waals surface area (Å²) >= 11 is 0. The lowest BCUT2D eigenvalue weighted by Gasteiger charge is -2.40. The van der Waals surface area contributed by atoms with Gasteiger partial charge in [0.15, 0.2) is 0 Å². The van der Waals surface area contributed by atoms with Crippen LogP contribution in [-0.2, 0) is 9.53 Å². The zero-order valence-corrected chi connectivity index (χ0v) is 10.8. The van der Waals surface area contributed by atoms with Gasteiger partial charge in [-0.2, -0.15) is 0 Å². The number of carbonyl (C=O) groups is 1. The van der Waals surface area contributed by atoms with Crippen LogP contribution in [0.15, 0.2) is 0 Å². The zero-order chi connectivity index (χ0) is 12.1. The Morgan fingerprint density at radius 2 is 1.94 bits per heavy atom. The minimum Gasteiger partial charge on any atom is -0.468 e. The predicted molar refractivity (Wildman–Crippen MR) is 66.9 cm³/mol. The van der Waals surface area contributed by atoms with Gasteiger partial charge in [0.05, 0.1) is 7.11 Å². The summed E-state index contributed by atoms with van der Waals surface area (Å²) in [7, 11) is 1.48. The second-order valence-corrected chi connectivity index (χ2v) is 5.26. The van der Waals surface area contributed by atoms with Gasteiger partial charge in [-0.05, 0) is 45.2 Å². The fourth-order valence-corrected chi connectivity index (χ4v) is 2.82. The highest BCUT2D eigenvalue weighted by Gasteiger charge is 2.44. The second kappa shape index (κ2) is 5.83. The third-order valence-electron chi connectivity index (χ3n) is 4.12. The van der Waals surface area contributed by atoms with Crippen molar-refractivity contribution in [1.82, 2.24) is 10.2 Å². The molecule has 1 saturated carbocycles. The van der Waals surface area contributed by atoms with Gasteiger partial charge in [0, 0.05) is 13.1 Å². The summed E-state index contributed by atoms with van der Waals surface area (Å²) in [5.41, 5.74) is -0.357. The summed E-state index contributed by atoms with van der Waals surface area (Å²) in [6.07, 6.45) is 7.01. The number of nitrogens with zero attached hydrogens (tertiary/aromatic N) is 1. The summed E-state index contributed by atoms with van der Waals surface area (Å²) in [6, 6.07) is 0. The summed E-state index contributed by atoms with van der Waals surface area (Å²) < 4.78 is 4.88. The average Bonchev–Trinajstić information content (AvgIpc) is 2.33. The summed E-state index contributed by atoms with van der Waals surface area (Å²) in [6.45, 7) is 4.38. The van der Waals surface area contributed by atoms with Crippen LogP contribution in [0, 0.1) is 0 Å².